The first-order chi connectivity index (χ1) is 7.72. The molecule has 0 spiro atoms. The second-order valence-corrected chi connectivity index (χ2v) is 3.32. The quantitative estimate of drug-likeness (QED) is 0.565. The van der Waals surface area contributed by atoms with Crippen molar-refractivity contribution in [2.24, 2.45) is 0 Å². The van der Waals surface area contributed by atoms with Crippen LogP contribution in [0.3, 0.4) is 0 Å². The summed E-state index contributed by atoms with van der Waals surface area (Å²) in [6.07, 6.45) is 4.72. The number of halogens is 1. The van der Waals surface area contributed by atoms with Gasteiger partial charge in [-0.05, 0) is 37.5 Å². The Bertz CT molecular complexity index is 355. The van der Waals surface area contributed by atoms with E-state index in [0.29, 0.717) is 6.61 Å². The number of rotatable bonds is 5. The van der Waals surface area contributed by atoms with Crippen LogP contribution in [-0.4, -0.2) is 12.6 Å². The Hall–Kier alpha value is -1.64. The molecule has 3 heteroatoms. The molecule has 1 aromatic carbocycles. The maximum atomic E-state index is 12.6. The highest BCUT2D eigenvalue weighted by atomic mass is 19.1. The number of carbonyl (C=O) groups excluding carboxylic acids is 1. The fourth-order valence-electron chi connectivity index (χ4n) is 1.27. The normalized spacial score (nSPS) is 10.6. The zero-order valence-electron chi connectivity index (χ0n) is 9.28. The predicted octanol–water partition coefficient (Wildman–Crippen LogP) is 2.88. The van der Waals surface area contributed by atoms with Crippen molar-refractivity contribution in [3.05, 3.63) is 47.8 Å². The standard InChI is InChI=1S/C13H15FO2/c1-2-16-13(15)6-4-3-5-11-7-9-12(14)10-8-11/h4,6-10H,2-3,5H2,1H3. The van der Waals surface area contributed by atoms with E-state index in [1.807, 2.05) is 0 Å². The molecular weight excluding hydrogens is 207 g/mol. The summed E-state index contributed by atoms with van der Waals surface area (Å²) in [5, 5.41) is 0. The van der Waals surface area contributed by atoms with Crippen molar-refractivity contribution in [1.82, 2.24) is 0 Å². The van der Waals surface area contributed by atoms with E-state index in [9.17, 15) is 9.18 Å². The van der Waals surface area contributed by atoms with Gasteiger partial charge in [0.15, 0.2) is 0 Å². The molecule has 0 aliphatic carbocycles. The van der Waals surface area contributed by atoms with Gasteiger partial charge in [-0.1, -0.05) is 18.2 Å². The van der Waals surface area contributed by atoms with Crippen LogP contribution in [0.4, 0.5) is 4.39 Å². The summed E-state index contributed by atoms with van der Waals surface area (Å²) in [5.74, 6) is -0.549. The Balaban J connectivity index is 2.30. The number of ether oxygens (including phenoxy) is 1. The summed E-state index contributed by atoms with van der Waals surface area (Å²) in [5.41, 5.74) is 1.05. The van der Waals surface area contributed by atoms with Crippen LogP contribution in [0.5, 0.6) is 0 Å². The van der Waals surface area contributed by atoms with Gasteiger partial charge in [0.2, 0.25) is 0 Å². The second-order valence-electron chi connectivity index (χ2n) is 3.32. The zero-order chi connectivity index (χ0) is 11.8. The number of hydrogen-bond donors (Lipinski definition) is 0. The zero-order valence-corrected chi connectivity index (χ0v) is 9.28. The van der Waals surface area contributed by atoms with E-state index in [1.54, 1.807) is 25.1 Å². The van der Waals surface area contributed by atoms with Crippen LogP contribution in [0.15, 0.2) is 36.4 Å². The Morgan fingerprint density at radius 1 is 1.38 bits per heavy atom. The third kappa shape index (κ3) is 4.73. The largest absolute Gasteiger partial charge is 0.463 e. The van der Waals surface area contributed by atoms with Gasteiger partial charge in [-0.15, -0.1) is 0 Å². The summed E-state index contributed by atoms with van der Waals surface area (Å²) < 4.78 is 17.3. The molecule has 0 bridgehead atoms. The molecule has 0 amide bonds. The molecule has 0 unspecified atom stereocenters. The SMILES string of the molecule is CCOC(=O)C=CCCc1ccc(F)cc1. The molecule has 0 atom stereocenters. The minimum Gasteiger partial charge on any atom is -0.463 e. The fraction of sp³-hybridized carbons (Fsp3) is 0.308. The lowest BCUT2D eigenvalue weighted by molar-refractivity contribution is -0.137. The van der Waals surface area contributed by atoms with E-state index < -0.39 is 0 Å². The van der Waals surface area contributed by atoms with Crippen LogP contribution in [0.2, 0.25) is 0 Å². The van der Waals surface area contributed by atoms with Gasteiger partial charge in [-0.3, -0.25) is 0 Å². The minimum atomic E-state index is -0.318. The molecule has 0 aliphatic heterocycles. The van der Waals surface area contributed by atoms with Gasteiger partial charge < -0.3 is 4.74 Å². The van der Waals surface area contributed by atoms with Gasteiger partial charge in [0.1, 0.15) is 5.82 Å². The van der Waals surface area contributed by atoms with E-state index in [-0.39, 0.29) is 11.8 Å². The van der Waals surface area contributed by atoms with E-state index in [4.69, 9.17) is 4.74 Å². The molecule has 0 aromatic heterocycles. The summed E-state index contributed by atoms with van der Waals surface area (Å²) in [6.45, 7) is 2.16. The smallest absolute Gasteiger partial charge is 0.330 e. The van der Waals surface area contributed by atoms with Gasteiger partial charge in [0.25, 0.3) is 0 Å². The predicted molar refractivity (Wildman–Crippen MR) is 60.5 cm³/mol. The summed E-state index contributed by atoms with van der Waals surface area (Å²) >= 11 is 0. The highest BCUT2D eigenvalue weighted by molar-refractivity contribution is 5.81. The fourth-order valence-corrected chi connectivity index (χ4v) is 1.27. The molecule has 0 radical (unpaired) electrons. The first-order valence-corrected chi connectivity index (χ1v) is 5.30. The molecule has 0 fully saturated rings. The van der Waals surface area contributed by atoms with Crippen LogP contribution in [0.25, 0.3) is 0 Å². The molecule has 0 saturated carbocycles. The molecule has 1 rings (SSSR count). The number of allylic oxidation sites excluding steroid dienone is 1. The van der Waals surface area contributed by atoms with Gasteiger partial charge >= 0.3 is 5.97 Å². The van der Waals surface area contributed by atoms with Crippen molar-refractivity contribution in [3.8, 4) is 0 Å². The Morgan fingerprint density at radius 2 is 2.06 bits per heavy atom. The monoisotopic (exact) mass is 222 g/mol. The minimum absolute atomic E-state index is 0.231. The maximum Gasteiger partial charge on any atom is 0.330 e. The lowest BCUT2D eigenvalue weighted by Gasteiger charge is -1.98. The Kier molecular flexibility index (Phi) is 5.26. The van der Waals surface area contributed by atoms with Gasteiger partial charge in [-0.25, -0.2) is 9.18 Å². The van der Waals surface area contributed by atoms with E-state index in [1.165, 1.54) is 18.2 Å². The maximum absolute atomic E-state index is 12.6. The van der Waals surface area contributed by atoms with Gasteiger partial charge in [0, 0.05) is 6.08 Å². The molecule has 16 heavy (non-hydrogen) atoms. The van der Waals surface area contributed by atoms with Crippen molar-refractivity contribution in [3.63, 3.8) is 0 Å². The van der Waals surface area contributed by atoms with Gasteiger partial charge in [0.05, 0.1) is 6.61 Å². The molecule has 0 heterocycles. The van der Waals surface area contributed by atoms with Crippen molar-refractivity contribution < 1.29 is 13.9 Å². The number of esters is 1. The summed E-state index contributed by atoms with van der Waals surface area (Å²) in [4.78, 5) is 10.9. The van der Waals surface area contributed by atoms with Crippen molar-refractivity contribution in [2.45, 2.75) is 19.8 Å². The topological polar surface area (TPSA) is 26.3 Å². The third-order valence-corrected chi connectivity index (χ3v) is 2.05. The number of aryl methyl sites for hydroxylation is 1. The van der Waals surface area contributed by atoms with Gasteiger partial charge in [-0.2, -0.15) is 0 Å². The van der Waals surface area contributed by atoms with Crippen LogP contribution < -0.4 is 0 Å². The number of hydrogen-bond acceptors (Lipinski definition) is 2. The highest BCUT2D eigenvalue weighted by Crippen LogP contribution is 2.05. The van der Waals surface area contributed by atoms with E-state index in [0.717, 1.165) is 18.4 Å². The average molecular weight is 222 g/mol. The van der Waals surface area contributed by atoms with E-state index >= 15 is 0 Å². The molecule has 0 saturated heterocycles. The van der Waals surface area contributed by atoms with Crippen LogP contribution >= 0.6 is 0 Å². The second kappa shape index (κ2) is 6.77. The van der Waals surface area contributed by atoms with Crippen molar-refractivity contribution in [1.29, 1.82) is 0 Å². The molecule has 0 N–H and O–H groups in total. The lowest BCUT2D eigenvalue weighted by Crippen LogP contribution is -1.98. The highest BCUT2D eigenvalue weighted by Gasteiger charge is 1.94. The Morgan fingerprint density at radius 3 is 2.69 bits per heavy atom. The third-order valence-electron chi connectivity index (χ3n) is 2.05. The molecule has 2 nitrogen and oxygen atoms in total. The van der Waals surface area contributed by atoms with E-state index in [2.05, 4.69) is 0 Å². The lowest BCUT2D eigenvalue weighted by atomic mass is 10.1. The molecule has 86 valence electrons. The summed E-state index contributed by atoms with van der Waals surface area (Å²) in [6, 6.07) is 6.36. The Labute approximate surface area is 94.7 Å². The molecule has 0 aliphatic rings. The first kappa shape index (κ1) is 12.4. The molecular formula is C13H15FO2. The first-order valence-electron chi connectivity index (χ1n) is 5.30. The van der Waals surface area contributed by atoms with Crippen LogP contribution in [-0.2, 0) is 16.0 Å². The van der Waals surface area contributed by atoms with Crippen molar-refractivity contribution in [2.75, 3.05) is 6.61 Å². The van der Waals surface area contributed by atoms with Crippen LogP contribution in [0, 0.1) is 5.82 Å². The number of benzene rings is 1. The average Bonchev–Trinajstić information content (AvgIpc) is 2.27. The van der Waals surface area contributed by atoms with Crippen LogP contribution in [0.1, 0.15) is 18.9 Å². The van der Waals surface area contributed by atoms with Crippen molar-refractivity contribution >= 4 is 5.97 Å². The molecule has 1 aromatic rings. The summed E-state index contributed by atoms with van der Waals surface area (Å²) in [7, 11) is 0. The number of carbonyl (C=O) groups is 1.